The van der Waals surface area contributed by atoms with Crippen molar-refractivity contribution in [2.24, 2.45) is 0 Å². The number of hydrogen-bond donors (Lipinski definition) is 2. The molecule has 5 heteroatoms. The quantitative estimate of drug-likeness (QED) is 0.817. The number of hydrogen-bond acceptors (Lipinski definition) is 4. The van der Waals surface area contributed by atoms with Crippen LogP contribution in [0.3, 0.4) is 0 Å². The fourth-order valence-corrected chi connectivity index (χ4v) is 2.18. The van der Waals surface area contributed by atoms with Crippen molar-refractivity contribution >= 4 is 23.5 Å². The molecule has 1 aliphatic carbocycles. The first kappa shape index (κ1) is 14.4. The van der Waals surface area contributed by atoms with Crippen molar-refractivity contribution in [2.45, 2.75) is 25.9 Å². The molecule has 0 heterocycles. The van der Waals surface area contributed by atoms with E-state index in [1.165, 1.54) is 6.21 Å². The molecule has 0 amide bonds. The molecule has 0 unspecified atom stereocenters. The maximum absolute atomic E-state index is 9.44. The van der Waals surface area contributed by atoms with Crippen molar-refractivity contribution in [1.29, 1.82) is 10.7 Å². The summed E-state index contributed by atoms with van der Waals surface area (Å²) in [6.07, 6.45) is 3.47. The van der Waals surface area contributed by atoms with Crippen molar-refractivity contribution in [3.05, 3.63) is 33.9 Å². The summed E-state index contributed by atoms with van der Waals surface area (Å²) < 4.78 is 5.76. The Morgan fingerprint density at radius 2 is 2.25 bits per heavy atom. The highest BCUT2D eigenvalue weighted by molar-refractivity contribution is 6.31. The number of nitriles is 1. The van der Waals surface area contributed by atoms with E-state index in [9.17, 15) is 5.26 Å². The van der Waals surface area contributed by atoms with Crippen LogP contribution in [-0.2, 0) is 0 Å². The summed E-state index contributed by atoms with van der Waals surface area (Å²) in [4.78, 5) is 0. The summed E-state index contributed by atoms with van der Waals surface area (Å²) >= 11 is 6.13. The average molecular weight is 290 g/mol. The number of nitrogens with one attached hydrogen (secondary N) is 2. The van der Waals surface area contributed by atoms with Crippen LogP contribution in [0.1, 0.15) is 30.9 Å². The van der Waals surface area contributed by atoms with Gasteiger partial charge in [0, 0.05) is 35.6 Å². The third-order valence-corrected chi connectivity index (χ3v) is 3.35. The molecule has 1 aliphatic rings. The smallest absolute Gasteiger partial charge is 0.139 e. The zero-order valence-corrected chi connectivity index (χ0v) is 12.2. The minimum atomic E-state index is 0.194. The first-order valence-electron chi connectivity index (χ1n) is 6.40. The highest BCUT2D eigenvalue weighted by atomic mass is 35.5. The van der Waals surface area contributed by atoms with Gasteiger partial charge in [-0.3, -0.25) is 0 Å². The number of rotatable bonds is 5. The SMILES string of the molecule is CN/C(=C(/C)C=N)c1cc(Cl)cc(OC2CC2)c1C#N. The van der Waals surface area contributed by atoms with E-state index in [1.807, 2.05) is 6.92 Å². The standard InChI is InChI=1S/C15H16ClN3O/c1-9(7-17)15(19-2)12-5-10(16)6-14(13(12)8-18)20-11-3-4-11/h5-7,11,17,19H,3-4H2,1-2H3/b15-9-,17-7?. The van der Waals surface area contributed by atoms with E-state index in [1.54, 1.807) is 19.2 Å². The summed E-state index contributed by atoms with van der Waals surface area (Å²) in [6.45, 7) is 1.81. The molecule has 2 N–H and O–H groups in total. The summed E-state index contributed by atoms with van der Waals surface area (Å²) in [5.41, 5.74) is 2.55. The Hall–Kier alpha value is -1.99. The first-order chi connectivity index (χ1) is 9.60. The maximum atomic E-state index is 9.44. The maximum Gasteiger partial charge on any atom is 0.139 e. The van der Waals surface area contributed by atoms with Gasteiger partial charge in [-0.15, -0.1) is 0 Å². The van der Waals surface area contributed by atoms with Crippen LogP contribution in [0.2, 0.25) is 5.02 Å². The Morgan fingerprint density at radius 1 is 1.55 bits per heavy atom. The van der Waals surface area contributed by atoms with E-state index in [-0.39, 0.29) is 6.10 Å². The molecule has 4 nitrogen and oxygen atoms in total. The zero-order chi connectivity index (χ0) is 14.7. The lowest BCUT2D eigenvalue weighted by Gasteiger charge is -2.15. The van der Waals surface area contributed by atoms with Gasteiger partial charge in [-0.05, 0) is 31.4 Å². The Bertz CT molecular complexity index is 612. The lowest BCUT2D eigenvalue weighted by atomic mass is 10.0. The fourth-order valence-electron chi connectivity index (χ4n) is 1.97. The third kappa shape index (κ3) is 2.94. The van der Waals surface area contributed by atoms with Gasteiger partial charge < -0.3 is 15.5 Å². The Kier molecular flexibility index (Phi) is 4.31. The minimum Gasteiger partial charge on any atom is -0.489 e. The first-order valence-corrected chi connectivity index (χ1v) is 6.78. The second-order valence-corrected chi connectivity index (χ2v) is 5.14. The van der Waals surface area contributed by atoms with Gasteiger partial charge in [0.2, 0.25) is 0 Å². The molecular formula is C15H16ClN3O. The van der Waals surface area contributed by atoms with E-state index < -0.39 is 0 Å². The van der Waals surface area contributed by atoms with Crippen LogP contribution in [0, 0.1) is 16.7 Å². The van der Waals surface area contributed by atoms with Crippen molar-refractivity contribution in [1.82, 2.24) is 5.32 Å². The summed E-state index contributed by atoms with van der Waals surface area (Å²) in [6, 6.07) is 5.58. The van der Waals surface area contributed by atoms with Crippen LogP contribution in [-0.4, -0.2) is 19.4 Å². The van der Waals surface area contributed by atoms with Gasteiger partial charge >= 0.3 is 0 Å². The van der Waals surface area contributed by atoms with Gasteiger partial charge in [0.1, 0.15) is 17.4 Å². The topological polar surface area (TPSA) is 68.9 Å². The second-order valence-electron chi connectivity index (χ2n) is 4.71. The molecule has 0 aliphatic heterocycles. The Morgan fingerprint density at radius 3 is 2.75 bits per heavy atom. The second kappa shape index (κ2) is 5.98. The average Bonchev–Trinajstić information content (AvgIpc) is 3.23. The minimum absolute atomic E-state index is 0.194. The largest absolute Gasteiger partial charge is 0.489 e. The molecule has 104 valence electrons. The number of benzene rings is 1. The molecule has 0 radical (unpaired) electrons. The number of allylic oxidation sites excluding steroid dienone is 1. The van der Waals surface area contributed by atoms with E-state index in [4.69, 9.17) is 21.7 Å². The molecule has 0 saturated heterocycles. The van der Waals surface area contributed by atoms with E-state index in [0.29, 0.717) is 27.6 Å². The molecular weight excluding hydrogens is 274 g/mol. The molecule has 1 aromatic carbocycles. The van der Waals surface area contributed by atoms with Crippen LogP contribution in [0.5, 0.6) is 5.75 Å². The molecule has 1 aromatic rings. The zero-order valence-electron chi connectivity index (χ0n) is 11.5. The van der Waals surface area contributed by atoms with Crippen molar-refractivity contribution < 1.29 is 4.74 Å². The lowest BCUT2D eigenvalue weighted by molar-refractivity contribution is 0.302. The van der Waals surface area contributed by atoms with Gasteiger partial charge in [-0.1, -0.05) is 11.6 Å². The molecule has 0 atom stereocenters. The Labute approximate surface area is 123 Å². The number of nitrogens with zero attached hydrogens (tertiary/aromatic N) is 1. The highest BCUT2D eigenvalue weighted by Crippen LogP contribution is 2.35. The predicted octanol–water partition coefficient (Wildman–Crippen LogP) is 3.35. The van der Waals surface area contributed by atoms with Gasteiger partial charge in [-0.25, -0.2) is 0 Å². The van der Waals surface area contributed by atoms with E-state index in [0.717, 1.165) is 18.4 Å². The van der Waals surface area contributed by atoms with Gasteiger partial charge in [0.15, 0.2) is 0 Å². The van der Waals surface area contributed by atoms with Gasteiger partial charge in [0.25, 0.3) is 0 Å². The number of halogens is 1. The van der Waals surface area contributed by atoms with Crippen molar-refractivity contribution in [3.8, 4) is 11.8 Å². The molecule has 0 bridgehead atoms. The molecule has 1 fully saturated rings. The fraction of sp³-hybridized carbons (Fsp3) is 0.333. The van der Waals surface area contributed by atoms with Gasteiger partial charge in [0.05, 0.1) is 6.10 Å². The summed E-state index contributed by atoms with van der Waals surface area (Å²) in [5, 5.41) is 20.4. The third-order valence-electron chi connectivity index (χ3n) is 3.13. The van der Waals surface area contributed by atoms with Crippen LogP contribution >= 0.6 is 11.6 Å². The van der Waals surface area contributed by atoms with Crippen molar-refractivity contribution in [3.63, 3.8) is 0 Å². The molecule has 0 spiro atoms. The Balaban J connectivity index is 2.59. The van der Waals surface area contributed by atoms with Crippen molar-refractivity contribution in [2.75, 3.05) is 7.05 Å². The van der Waals surface area contributed by atoms with E-state index >= 15 is 0 Å². The summed E-state index contributed by atoms with van der Waals surface area (Å²) in [5.74, 6) is 0.517. The lowest BCUT2D eigenvalue weighted by Crippen LogP contribution is -2.10. The molecule has 2 rings (SSSR count). The van der Waals surface area contributed by atoms with Crippen LogP contribution < -0.4 is 10.1 Å². The van der Waals surface area contributed by atoms with Crippen LogP contribution in [0.25, 0.3) is 5.70 Å². The molecule has 0 aromatic heterocycles. The predicted molar refractivity (Wildman–Crippen MR) is 80.3 cm³/mol. The molecule has 20 heavy (non-hydrogen) atoms. The van der Waals surface area contributed by atoms with Crippen LogP contribution in [0.4, 0.5) is 0 Å². The van der Waals surface area contributed by atoms with Crippen LogP contribution in [0.15, 0.2) is 17.7 Å². The van der Waals surface area contributed by atoms with E-state index in [2.05, 4.69) is 11.4 Å². The number of ether oxygens (including phenoxy) is 1. The van der Waals surface area contributed by atoms with Gasteiger partial charge in [-0.2, -0.15) is 5.26 Å². The monoisotopic (exact) mass is 289 g/mol. The normalized spacial score (nSPS) is 15.1. The highest BCUT2D eigenvalue weighted by Gasteiger charge is 2.26. The molecule has 1 saturated carbocycles. The summed E-state index contributed by atoms with van der Waals surface area (Å²) in [7, 11) is 1.76.